The summed E-state index contributed by atoms with van der Waals surface area (Å²) in [5.41, 5.74) is 5.67. The molecular formula is C13H21N5O4S. The van der Waals surface area contributed by atoms with Crippen molar-refractivity contribution in [1.82, 2.24) is 15.5 Å². The van der Waals surface area contributed by atoms with Gasteiger partial charge in [-0.05, 0) is 5.92 Å². The van der Waals surface area contributed by atoms with Gasteiger partial charge in [0.1, 0.15) is 5.01 Å². The molecule has 1 aromatic heterocycles. The molecule has 1 heterocycles. The Labute approximate surface area is 138 Å². The zero-order valence-corrected chi connectivity index (χ0v) is 14.1. The number of ether oxygens (including phenoxy) is 1. The standard InChI is InChI=1S/C13H21N5O4S/c1-7(2)11(14)12(21)15-6-8(19)16-13-18-17-9(23-13)4-5-10(20)22-3/h7,11H,4-6,14H2,1-3H3,(H,15,21)(H,16,18,19)/t11-/m0/s1. The average molecular weight is 343 g/mol. The number of nitrogens with zero attached hydrogens (tertiary/aromatic N) is 2. The number of aromatic nitrogens is 2. The molecule has 2 amide bonds. The molecule has 4 N–H and O–H groups in total. The Morgan fingerprint density at radius 1 is 1.30 bits per heavy atom. The van der Waals surface area contributed by atoms with Crippen molar-refractivity contribution >= 4 is 34.3 Å². The summed E-state index contributed by atoms with van der Waals surface area (Å²) in [6, 6.07) is -0.658. The zero-order valence-electron chi connectivity index (χ0n) is 13.3. The predicted molar refractivity (Wildman–Crippen MR) is 84.7 cm³/mol. The van der Waals surface area contributed by atoms with Crippen molar-refractivity contribution in [3.63, 3.8) is 0 Å². The molecule has 0 aliphatic carbocycles. The van der Waals surface area contributed by atoms with Gasteiger partial charge in [0.25, 0.3) is 0 Å². The molecule has 0 saturated carbocycles. The van der Waals surface area contributed by atoms with Crippen LogP contribution >= 0.6 is 11.3 Å². The summed E-state index contributed by atoms with van der Waals surface area (Å²) < 4.78 is 4.53. The highest BCUT2D eigenvalue weighted by Crippen LogP contribution is 2.16. The first kappa shape index (κ1) is 19.0. The fourth-order valence-corrected chi connectivity index (χ4v) is 2.22. The van der Waals surface area contributed by atoms with Gasteiger partial charge in [-0.2, -0.15) is 0 Å². The second kappa shape index (κ2) is 9.16. The summed E-state index contributed by atoms with van der Waals surface area (Å²) in [5, 5.41) is 13.5. The summed E-state index contributed by atoms with van der Waals surface area (Å²) in [4.78, 5) is 34.4. The lowest BCUT2D eigenvalue weighted by Crippen LogP contribution is -2.46. The lowest BCUT2D eigenvalue weighted by atomic mass is 10.1. The second-order valence-electron chi connectivity index (χ2n) is 5.11. The number of hydrogen-bond acceptors (Lipinski definition) is 8. The lowest BCUT2D eigenvalue weighted by molar-refractivity contribution is -0.140. The number of aryl methyl sites for hydroxylation is 1. The fourth-order valence-electron chi connectivity index (χ4n) is 1.47. The first-order valence-corrected chi connectivity index (χ1v) is 7.87. The van der Waals surface area contributed by atoms with Crippen LogP contribution in [0.3, 0.4) is 0 Å². The van der Waals surface area contributed by atoms with Gasteiger partial charge in [0.2, 0.25) is 16.9 Å². The number of amides is 2. The van der Waals surface area contributed by atoms with Gasteiger partial charge in [-0.3, -0.25) is 19.7 Å². The minimum absolute atomic E-state index is 0.0152. The molecule has 1 atom stereocenters. The highest BCUT2D eigenvalue weighted by atomic mass is 32.1. The average Bonchev–Trinajstić information content (AvgIpc) is 2.96. The third-order valence-corrected chi connectivity index (χ3v) is 3.83. The van der Waals surface area contributed by atoms with E-state index in [2.05, 4.69) is 25.6 Å². The van der Waals surface area contributed by atoms with Gasteiger partial charge in [-0.1, -0.05) is 25.2 Å². The molecule has 0 unspecified atom stereocenters. The zero-order chi connectivity index (χ0) is 17.4. The summed E-state index contributed by atoms with van der Waals surface area (Å²) in [6.07, 6.45) is 0.586. The van der Waals surface area contributed by atoms with Crippen LogP contribution in [0.15, 0.2) is 0 Å². The maximum atomic E-state index is 11.7. The normalized spacial score (nSPS) is 11.9. The SMILES string of the molecule is COC(=O)CCc1nnc(NC(=O)CNC(=O)[C@@H](N)C(C)C)s1. The topological polar surface area (TPSA) is 136 Å². The Morgan fingerprint density at radius 3 is 2.61 bits per heavy atom. The Kier molecular flexibility index (Phi) is 7.55. The first-order chi connectivity index (χ1) is 10.8. The molecule has 0 spiro atoms. The Bertz CT molecular complexity index is 560. The largest absolute Gasteiger partial charge is 0.469 e. The highest BCUT2D eigenvalue weighted by Gasteiger charge is 2.18. The van der Waals surface area contributed by atoms with E-state index in [9.17, 15) is 14.4 Å². The molecule has 23 heavy (non-hydrogen) atoms. The van der Waals surface area contributed by atoms with Crippen LogP contribution in [0.4, 0.5) is 5.13 Å². The van der Waals surface area contributed by atoms with E-state index in [1.54, 1.807) is 0 Å². The van der Waals surface area contributed by atoms with Crippen LogP contribution < -0.4 is 16.4 Å². The van der Waals surface area contributed by atoms with Gasteiger partial charge >= 0.3 is 5.97 Å². The van der Waals surface area contributed by atoms with Gasteiger partial charge in [0.05, 0.1) is 26.1 Å². The van der Waals surface area contributed by atoms with E-state index < -0.39 is 11.9 Å². The van der Waals surface area contributed by atoms with Crippen LogP contribution in [0.1, 0.15) is 25.3 Å². The van der Waals surface area contributed by atoms with Crippen molar-refractivity contribution in [1.29, 1.82) is 0 Å². The van der Waals surface area contributed by atoms with Crippen molar-refractivity contribution < 1.29 is 19.1 Å². The molecule has 0 aliphatic heterocycles. The molecular weight excluding hydrogens is 322 g/mol. The molecule has 128 valence electrons. The number of hydrogen-bond donors (Lipinski definition) is 3. The van der Waals surface area contributed by atoms with Gasteiger partial charge < -0.3 is 15.8 Å². The van der Waals surface area contributed by atoms with E-state index in [0.29, 0.717) is 16.6 Å². The van der Waals surface area contributed by atoms with Crippen LogP contribution in [-0.4, -0.2) is 47.7 Å². The van der Waals surface area contributed by atoms with Crippen LogP contribution in [-0.2, 0) is 25.5 Å². The second-order valence-corrected chi connectivity index (χ2v) is 6.17. The molecule has 1 rings (SSSR count). The van der Waals surface area contributed by atoms with Crippen molar-refractivity contribution in [2.45, 2.75) is 32.7 Å². The number of methoxy groups -OCH3 is 1. The maximum absolute atomic E-state index is 11.7. The summed E-state index contributed by atoms with van der Waals surface area (Å²) in [7, 11) is 1.31. The molecule has 10 heteroatoms. The van der Waals surface area contributed by atoms with Crippen LogP contribution in [0.5, 0.6) is 0 Å². The maximum Gasteiger partial charge on any atom is 0.305 e. The number of anilines is 1. The number of nitrogens with two attached hydrogens (primary N) is 1. The number of carbonyl (C=O) groups excluding carboxylic acids is 3. The first-order valence-electron chi connectivity index (χ1n) is 7.05. The fraction of sp³-hybridized carbons (Fsp3) is 0.615. The van der Waals surface area contributed by atoms with Gasteiger partial charge in [-0.25, -0.2) is 0 Å². The van der Waals surface area contributed by atoms with Crippen molar-refractivity contribution in [2.24, 2.45) is 11.7 Å². The third kappa shape index (κ3) is 6.70. The van der Waals surface area contributed by atoms with E-state index in [-0.39, 0.29) is 30.8 Å². The minimum Gasteiger partial charge on any atom is -0.469 e. The molecule has 1 aromatic rings. The third-order valence-electron chi connectivity index (χ3n) is 2.93. The van der Waals surface area contributed by atoms with E-state index in [1.807, 2.05) is 13.8 Å². The van der Waals surface area contributed by atoms with Crippen molar-refractivity contribution in [2.75, 3.05) is 19.0 Å². The van der Waals surface area contributed by atoms with E-state index in [4.69, 9.17) is 5.73 Å². The summed E-state index contributed by atoms with van der Waals surface area (Å²) >= 11 is 1.16. The molecule has 0 radical (unpaired) electrons. The monoisotopic (exact) mass is 343 g/mol. The number of carbonyl (C=O) groups is 3. The molecule has 0 aliphatic rings. The highest BCUT2D eigenvalue weighted by molar-refractivity contribution is 7.15. The van der Waals surface area contributed by atoms with E-state index in [0.717, 1.165) is 11.3 Å². The molecule has 0 fully saturated rings. The molecule has 0 bridgehead atoms. The van der Waals surface area contributed by atoms with Crippen LogP contribution in [0.2, 0.25) is 0 Å². The smallest absolute Gasteiger partial charge is 0.305 e. The Hall–Kier alpha value is -2.07. The lowest BCUT2D eigenvalue weighted by Gasteiger charge is -2.14. The molecule has 9 nitrogen and oxygen atoms in total. The van der Waals surface area contributed by atoms with E-state index in [1.165, 1.54) is 7.11 Å². The molecule has 0 saturated heterocycles. The number of esters is 1. The number of rotatable bonds is 8. The predicted octanol–water partition coefficient (Wildman–Crippen LogP) is -0.318. The van der Waals surface area contributed by atoms with Crippen molar-refractivity contribution in [3.8, 4) is 0 Å². The Balaban J connectivity index is 2.39. The van der Waals surface area contributed by atoms with Gasteiger partial charge in [0.15, 0.2) is 0 Å². The Morgan fingerprint density at radius 2 is 2.00 bits per heavy atom. The summed E-state index contributed by atoms with van der Waals surface area (Å²) in [6.45, 7) is 3.44. The van der Waals surface area contributed by atoms with Crippen LogP contribution in [0, 0.1) is 5.92 Å². The van der Waals surface area contributed by atoms with Gasteiger partial charge in [-0.15, -0.1) is 10.2 Å². The summed E-state index contributed by atoms with van der Waals surface area (Å²) in [5.74, 6) is -1.16. The van der Waals surface area contributed by atoms with Crippen LogP contribution in [0.25, 0.3) is 0 Å². The van der Waals surface area contributed by atoms with Crippen molar-refractivity contribution in [3.05, 3.63) is 5.01 Å². The number of nitrogens with one attached hydrogen (secondary N) is 2. The van der Waals surface area contributed by atoms with Gasteiger partial charge in [0, 0.05) is 6.42 Å². The molecule has 0 aromatic carbocycles. The van der Waals surface area contributed by atoms with E-state index >= 15 is 0 Å². The quantitative estimate of drug-likeness (QED) is 0.550. The minimum atomic E-state index is -0.658.